The zero-order chi connectivity index (χ0) is 20.9. The van der Waals surface area contributed by atoms with E-state index >= 15 is 0 Å². The maximum absolute atomic E-state index is 12.8. The van der Waals surface area contributed by atoms with Crippen molar-refractivity contribution in [2.45, 2.75) is 13.2 Å². The molecule has 3 aromatic rings. The van der Waals surface area contributed by atoms with Gasteiger partial charge >= 0.3 is 6.03 Å². The molecule has 30 heavy (non-hydrogen) atoms. The molecule has 5 nitrogen and oxygen atoms in total. The summed E-state index contributed by atoms with van der Waals surface area (Å²) in [5, 5.41) is 3.25. The molecule has 1 heterocycles. The molecule has 6 heteroatoms. The second kappa shape index (κ2) is 8.84. The Morgan fingerprint density at radius 2 is 1.57 bits per heavy atom. The highest BCUT2D eigenvalue weighted by Crippen LogP contribution is 2.24. The summed E-state index contributed by atoms with van der Waals surface area (Å²) in [6, 6.07) is 23.8. The molecule has 0 radical (unpaired) electrons. The normalized spacial score (nSPS) is 14.8. The van der Waals surface area contributed by atoms with E-state index in [1.807, 2.05) is 54.6 Å². The second-order valence-electron chi connectivity index (χ2n) is 6.82. The molecule has 4 rings (SSSR count). The van der Waals surface area contributed by atoms with E-state index in [-0.39, 0.29) is 18.1 Å². The third-order valence-electron chi connectivity index (χ3n) is 4.67. The molecule has 0 saturated carbocycles. The molecule has 1 saturated heterocycles. The molecule has 3 aromatic carbocycles. The number of urea groups is 1. The van der Waals surface area contributed by atoms with E-state index in [0.717, 1.165) is 11.1 Å². The Morgan fingerprint density at radius 1 is 0.867 bits per heavy atom. The quantitative estimate of drug-likeness (QED) is 0.452. The Balaban J connectivity index is 1.51. The summed E-state index contributed by atoms with van der Waals surface area (Å²) in [7, 11) is 0. The third-order valence-corrected chi connectivity index (χ3v) is 4.92. The average molecular weight is 419 g/mol. The van der Waals surface area contributed by atoms with Gasteiger partial charge in [0.25, 0.3) is 5.91 Å². The number of carbonyl (C=O) groups is 2. The summed E-state index contributed by atoms with van der Waals surface area (Å²) < 4.78 is 5.93. The van der Waals surface area contributed by atoms with Crippen LogP contribution in [0.5, 0.6) is 5.75 Å². The van der Waals surface area contributed by atoms with E-state index in [1.165, 1.54) is 4.90 Å². The summed E-state index contributed by atoms with van der Waals surface area (Å²) >= 11 is 5.90. The summed E-state index contributed by atoms with van der Waals surface area (Å²) in [4.78, 5) is 26.3. The maximum Gasteiger partial charge on any atom is 0.329 e. The first-order valence-corrected chi connectivity index (χ1v) is 9.83. The number of rotatable bonds is 6. The lowest BCUT2D eigenvalue weighted by Gasteiger charge is -2.12. The van der Waals surface area contributed by atoms with E-state index in [9.17, 15) is 9.59 Å². The Morgan fingerprint density at radius 3 is 2.33 bits per heavy atom. The monoisotopic (exact) mass is 418 g/mol. The maximum atomic E-state index is 12.8. The predicted octanol–water partition coefficient (Wildman–Crippen LogP) is 5.01. The summed E-state index contributed by atoms with van der Waals surface area (Å²) in [6.07, 6.45) is 1.64. The molecular weight excluding hydrogens is 400 g/mol. The van der Waals surface area contributed by atoms with Crippen molar-refractivity contribution in [3.63, 3.8) is 0 Å². The first-order valence-electron chi connectivity index (χ1n) is 9.45. The van der Waals surface area contributed by atoms with Crippen molar-refractivity contribution in [1.82, 2.24) is 10.2 Å². The number of ether oxygens (including phenoxy) is 1. The topological polar surface area (TPSA) is 58.6 Å². The van der Waals surface area contributed by atoms with Crippen LogP contribution in [0.2, 0.25) is 5.02 Å². The molecule has 0 spiro atoms. The fourth-order valence-corrected chi connectivity index (χ4v) is 3.24. The van der Waals surface area contributed by atoms with Crippen molar-refractivity contribution in [1.29, 1.82) is 0 Å². The zero-order valence-corrected chi connectivity index (χ0v) is 16.8. The highest BCUT2D eigenvalue weighted by Gasteiger charge is 2.33. The van der Waals surface area contributed by atoms with Crippen LogP contribution in [0.15, 0.2) is 84.6 Å². The van der Waals surface area contributed by atoms with Gasteiger partial charge in [0.2, 0.25) is 0 Å². The fourth-order valence-electron chi connectivity index (χ4n) is 3.11. The van der Waals surface area contributed by atoms with Gasteiger partial charge < -0.3 is 10.1 Å². The number of halogens is 1. The van der Waals surface area contributed by atoms with Gasteiger partial charge in [-0.15, -0.1) is 0 Å². The standard InChI is InChI=1S/C24H19ClN2O3/c25-20-12-10-17(11-13-20)15-27-23(28)21(26-24(27)29)14-19-8-4-5-9-22(19)30-16-18-6-2-1-3-7-18/h1-14H,15-16H2,(H,26,29). The van der Waals surface area contributed by atoms with Gasteiger partial charge in [-0.05, 0) is 35.4 Å². The number of amides is 3. The van der Waals surface area contributed by atoms with Crippen molar-refractivity contribution in [2.75, 3.05) is 0 Å². The fraction of sp³-hybridized carbons (Fsp3) is 0.0833. The van der Waals surface area contributed by atoms with Gasteiger partial charge in [-0.1, -0.05) is 72.3 Å². The minimum atomic E-state index is -0.455. The van der Waals surface area contributed by atoms with Gasteiger partial charge in [0, 0.05) is 10.6 Å². The van der Waals surface area contributed by atoms with Crippen LogP contribution in [0.3, 0.4) is 0 Å². The van der Waals surface area contributed by atoms with E-state index < -0.39 is 6.03 Å². The largest absolute Gasteiger partial charge is 0.488 e. The molecule has 0 atom stereocenters. The van der Waals surface area contributed by atoms with E-state index in [2.05, 4.69) is 5.32 Å². The minimum absolute atomic E-state index is 0.172. The number of para-hydroxylation sites is 1. The number of imide groups is 1. The minimum Gasteiger partial charge on any atom is -0.488 e. The lowest BCUT2D eigenvalue weighted by atomic mass is 10.1. The van der Waals surface area contributed by atoms with Gasteiger partial charge in [0.05, 0.1) is 6.54 Å². The number of hydrogen-bond donors (Lipinski definition) is 1. The SMILES string of the molecule is O=C1NC(=Cc2ccccc2OCc2ccccc2)C(=O)N1Cc1ccc(Cl)cc1. The number of nitrogens with zero attached hydrogens (tertiary/aromatic N) is 1. The molecule has 0 bridgehead atoms. The van der Waals surface area contributed by atoms with Gasteiger partial charge in [0.1, 0.15) is 18.1 Å². The van der Waals surface area contributed by atoms with Crippen molar-refractivity contribution in [3.8, 4) is 5.75 Å². The molecule has 0 aliphatic carbocycles. The molecule has 1 aliphatic rings. The lowest BCUT2D eigenvalue weighted by molar-refractivity contribution is -0.123. The van der Waals surface area contributed by atoms with Crippen LogP contribution in [0, 0.1) is 0 Å². The Bertz CT molecular complexity index is 1090. The van der Waals surface area contributed by atoms with Gasteiger partial charge in [0.15, 0.2) is 0 Å². The third kappa shape index (κ3) is 4.53. The first-order chi connectivity index (χ1) is 14.6. The highest BCUT2D eigenvalue weighted by atomic mass is 35.5. The van der Waals surface area contributed by atoms with Crippen molar-refractivity contribution >= 4 is 29.6 Å². The van der Waals surface area contributed by atoms with E-state index in [4.69, 9.17) is 16.3 Å². The molecule has 150 valence electrons. The number of hydrogen-bond acceptors (Lipinski definition) is 3. The van der Waals surface area contributed by atoms with Crippen LogP contribution >= 0.6 is 11.6 Å². The predicted molar refractivity (Wildman–Crippen MR) is 116 cm³/mol. The van der Waals surface area contributed by atoms with Gasteiger partial charge in [-0.3, -0.25) is 9.69 Å². The Labute approximate surface area is 179 Å². The highest BCUT2D eigenvalue weighted by molar-refractivity contribution is 6.30. The number of nitrogens with one attached hydrogen (secondary N) is 1. The Kier molecular flexibility index (Phi) is 5.82. The smallest absolute Gasteiger partial charge is 0.329 e. The zero-order valence-electron chi connectivity index (χ0n) is 16.0. The molecule has 3 amide bonds. The molecule has 1 aliphatic heterocycles. The van der Waals surface area contributed by atoms with Gasteiger partial charge in [-0.2, -0.15) is 0 Å². The number of carbonyl (C=O) groups excluding carboxylic acids is 2. The van der Waals surface area contributed by atoms with E-state index in [1.54, 1.807) is 30.3 Å². The molecule has 0 unspecified atom stereocenters. The summed E-state index contributed by atoms with van der Waals surface area (Å²) in [5.41, 5.74) is 2.78. The van der Waals surface area contributed by atoms with Gasteiger partial charge in [-0.25, -0.2) is 4.79 Å². The summed E-state index contributed by atoms with van der Waals surface area (Å²) in [6.45, 7) is 0.579. The molecule has 1 N–H and O–H groups in total. The van der Waals surface area contributed by atoms with Crippen LogP contribution in [0.25, 0.3) is 6.08 Å². The second-order valence-corrected chi connectivity index (χ2v) is 7.25. The molecular formula is C24H19ClN2O3. The lowest BCUT2D eigenvalue weighted by Crippen LogP contribution is -2.30. The van der Waals surface area contributed by atoms with Crippen LogP contribution in [0.1, 0.15) is 16.7 Å². The van der Waals surface area contributed by atoms with Crippen LogP contribution in [-0.4, -0.2) is 16.8 Å². The average Bonchev–Trinajstić information content (AvgIpc) is 3.03. The van der Waals surface area contributed by atoms with Crippen LogP contribution < -0.4 is 10.1 Å². The van der Waals surface area contributed by atoms with Crippen molar-refractivity contribution < 1.29 is 14.3 Å². The number of benzene rings is 3. The van der Waals surface area contributed by atoms with E-state index in [0.29, 0.717) is 22.9 Å². The van der Waals surface area contributed by atoms with Crippen molar-refractivity contribution in [2.24, 2.45) is 0 Å². The summed E-state index contributed by atoms with van der Waals surface area (Å²) in [5.74, 6) is 0.250. The first kappa shape index (κ1) is 19.7. The van der Waals surface area contributed by atoms with Crippen molar-refractivity contribution in [3.05, 3.63) is 106 Å². The molecule has 0 aromatic heterocycles. The van der Waals surface area contributed by atoms with Crippen LogP contribution in [-0.2, 0) is 17.9 Å². The van der Waals surface area contributed by atoms with Crippen LogP contribution in [0.4, 0.5) is 4.79 Å². The molecule has 1 fully saturated rings. The Hall–Kier alpha value is -3.57.